The molecule has 1 aliphatic rings. The standard InChI is InChI=1S/C27H24BrNO5S/c1-2-32-23-16-20(15-22(28)25(23)34-18-19-9-5-3-6-10-19)17-24-26(30)29(27(31)35-24)13-14-33-21-11-7-4-8-12-21/h3-12,15-17H,2,13-14,18H2,1H3/b24-17-. The number of halogens is 1. The van der Waals surface area contributed by atoms with Crippen molar-refractivity contribution in [3.05, 3.63) is 93.3 Å². The van der Waals surface area contributed by atoms with Crippen molar-refractivity contribution < 1.29 is 23.8 Å². The summed E-state index contributed by atoms with van der Waals surface area (Å²) in [5.74, 6) is 1.49. The van der Waals surface area contributed by atoms with E-state index in [9.17, 15) is 9.59 Å². The van der Waals surface area contributed by atoms with Gasteiger partial charge in [-0.05, 0) is 76.1 Å². The van der Waals surface area contributed by atoms with Crippen LogP contribution in [0, 0.1) is 0 Å². The molecule has 2 amide bonds. The van der Waals surface area contributed by atoms with E-state index in [0.717, 1.165) is 22.9 Å². The number of nitrogens with zero attached hydrogens (tertiary/aromatic N) is 1. The van der Waals surface area contributed by atoms with Crippen LogP contribution in [0.1, 0.15) is 18.1 Å². The number of para-hydroxylation sites is 1. The van der Waals surface area contributed by atoms with Gasteiger partial charge in [-0.25, -0.2) is 0 Å². The minimum Gasteiger partial charge on any atom is -0.492 e. The number of benzene rings is 3. The van der Waals surface area contributed by atoms with Crippen molar-refractivity contribution in [3.8, 4) is 17.2 Å². The lowest BCUT2D eigenvalue weighted by atomic mass is 10.1. The number of ether oxygens (including phenoxy) is 3. The van der Waals surface area contributed by atoms with Crippen LogP contribution in [-0.4, -0.2) is 35.8 Å². The molecule has 3 aromatic rings. The molecule has 0 aliphatic carbocycles. The highest BCUT2D eigenvalue weighted by Crippen LogP contribution is 2.39. The van der Waals surface area contributed by atoms with Crippen LogP contribution in [0.5, 0.6) is 17.2 Å². The van der Waals surface area contributed by atoms with Crippen LogP contribution in [0.3, 0.4) is 0 Å². The van der Waals surface area contributed by atoms with Gasteiger partial charge in [0.05, 0.1) is 22.5 Å². The lowest BCUT2D eigenvalue weighted by molar-refractivity contribution is -0.123. The normalized spacial score (nSPS) is 14.5. The predicted octanol–water partition coefficient (Wildman–Crippen LogP) is 6.54. The van der Waals surface area contributed by atoms with E-state index in [1.54, 1.807) is 12.1 Å². The number of rotatable bonds is 10. The van der Waals surface area contributed by atoms with Crippen LogP contribution in [0.15, 0.2) is 82.2 Å². The van der Waals surface area contributed by atoms with Gasteiger partial charge in [0.2, 0.25) is 0 Å². The first-order valence-electron chi connectivity index (χ1n) is 11.1. The number of imide groups is 1. The van der Waals surface area contributed by atoms with Gasteiger partial charge in [-0.3, -0.25) is 14.5 Å². The summed E-state index contributed by atoms with van der Waals surface area (Å²) in [5.41, 5.74) is 1.76. The first-order valence-corrected chi connectivity index (χ1v) is 12.7. The van der Waals surface area contributed by atoms with Gasteiger partial charge < -0.3 is 14.2 Å². The van der Waals surface area contributed by atoms with Crippen LogP contribution >= 0.6 is 27.7 Å². The smallest absolute Gasteiger partial charge is 0.293 e. The number of carbonyl (C=O) groups excluding carboxylic acids is 2. The third-order valence-electron chi connectivity index (χ3n) is 5.06. The Morgan fingerprint density at radius 1 is 0.943 bits per heavy atom. The second kappa shape index (κ2) is 12.0. The first kappa shape index (κ1) is 24.9. The summed E-state index contributed by atoms with van der Waals surface area (Å²) in [7, 11) is 0. The Balaban J connectivity index is 1.46. The molecular formula is C27H24BrNO5S. The van der Waals surface area contributed by atoms with Crippen molar-refractivity contribution >= 4 is 44.9 Å². The molecule has 35 heavy (non-hydrogen) atoms. The van der Waals surface area contributed by atoms with Gasteiger partial charge in [0.1, 0.15) is 19.0 Å². The monoisotopic (exact) mass is 553 g/mol. The van der Waals surface area contributed by atoms with E-state index in [0.29, 0.717) is 39.8 Å². The number of hydrogen-bond acceptors (Lipinski definition) is 6. The maximum absolute atomic E-state index is 12.9. The topological polar surface area (TPSA) is 65.1 Å². The Hall–Kier alpha value is -3.23. The summed E-state index contributed by atoms with van der Waals surface area (Å²) >= 11 is 4.48. The number of thioether (sulfide) groups is 1. The Bertz CT molecular complexity index is 1220. The molecule has 0 spiro atoms. The van der Waals surface area contributed by atoms with Crippen molar-refractivity contribution in [2.45, 2.75) is 13.5 Å². The zero-order valence-corrected chi connectivity index (χ0v) is 21.5. The second-order valence-corrected chi connectivity index (χ2v) is 9.38. The van der Waals surface area contributed by atoms with Gasteiger partial charge in [0, 0.05) is 0 Å². The fourth-order valence-electron chi connectivity index (χ4n) is 3.42. The van der Waals surface area contributed by atoms with E-state index in [-0.39, 0.29) is 24.3 Å². The largest absolute Gasteiger partial charge is 0.492 e. The van der Waals surface area contributed by atoms with Crippen LogP contribution in [-0.2, 0) is 11.4 Å². The molecule has 0 unspecified atom stereocenters. The molecule has 1 saturated heterocycles. The van der Waals surface area contributed by atoms with Crippen molar-refractivity contribution in [2.75, 3.05) is 19.8 Å². The molecule has 4 rings (SSSR count). The molecule has 3 aromatic carbocycles. The Morgan fingerprint density at radius 3 is 2.37 bits per heavy atom. The van der Waals surface area contributed by atoms with E-state index in [1.807, 2.05) is 73.7 Å². The van der Waals surface area contributed by atoms with Gasteiger partial charge in [-0.15, -0.1) is 0 Å². The van der Waals surface area contributed by atoms with Gasteiger partial charge in [-0.1, -0.05) is 48.5 Å². The fraction of sp³-hybridized carbons (Fsp3) is 0.185. The Morgan fingerprint density at radius 2 is 1.66 bits per heavy atom. The molecule has 0 radical (unpaired) electrons. The molecule has 180 valence electrons. The molecule has 8 heteroatoms. The zero-order chi connectivity index (χ0) is 24.6. The molecule has 1 aliphatic heterocycles. The Kier molecular flexibility index (Phi) is 8.50. The highest BCUT2D eigenvalue weighted by Gasteiger charge is 2.35. The van der Waals surface area contributed by atoms with Crippen molar-refractivity contribution in [1.82, 2.24) is 4.90 Å². The molecule has 0 bridgehead atoms. The predicted molar refractivity (Wildman–Crippen MR) is 141 cm³/mol. The molecule has 0 aromatic heterocycles. The summed E-state index contributed by atoms with van der Waals surface area (Å²) in [6.07, 6.45) is 1.69. The zero-order valence-electron chi connectivity index (χ0n) is 19.1. The maximum Gasteiger partial charge on any atom is 0.293 e. The van der Waals surface area contributed by atoms with E-state index in [1.165, 1.54) is 4.90 Å². The lowest BCUT2D eigenvalue weighted by Crippen LogP contribution is -2.32. The summed E-state index contributed by atoms with van der Waals surface area (Å²) in [5, 5.41) is -0.315. The quantitative estimate of drug-likeness (QED) is 0.265. The highest BCUT2D eigenvalue weighted by atomic mass is 79.9. The van der Waals surface area contributed by atoms with Gasteiger partial charge in [0.15, 0.2) is 11.5 Å². The van der Waals surface area contributed by atoms with Gasteiger partial charge in [-0.2, -0.15) is 0 Å². The van der Waals surface area contributed by atoms with Crippen molar-refractivity contribution in [1.29, 1.82) is 0 Å². The Labute approximate surface area is 217 Å². The fourth-order valence-corrected chi connectivity index (χ4v) is 4.86. The highest BCUT2D eigenvalue weighted by molar-refractivity contribution is 9.10. The third kappa shape index (κ3) is 6.46. The number of amides is 2. The SMILES string of the molecule is CCOc1cc(/C=C2\SC(=O)N(CCOc3ccccc3)C2=O)cc(Br)c1OCc1ccccc1. The van der Waals surface area contributed by atoms with Crippen LogP contribution < -0.4 is 14.2 Å². The lowest BCUT2D eigenvalue weighted by Gasteiger charge is -2.15. The summed E-state index contributed by atoms with van der Waals surface area (Å²) < 4.78 is 18.2. The molecule has 0 atom stereocenters. The van der Waals surface area contributed by atoms with Gasteiger partial charge >= 0.3 is 0 Å². The van der Waals surface area contributed by atoms with E-state index >= 15 is 0 Å². The number of carbonyl (C=O) groups is 2. The molecule has 0 N–H and O–H groups in total. The van der Waals surface area contributed by atoms with E-state index in [2.05, 4.69) is 15.9 Å². The van der Waals surface area contributed by atoms with E-state index < -0.39 is 0 Å². The number of hydrogen-bond donors (Lipinski definition) is 0. The summed E-state index contributed by atoms with van der Waals surface area (Å²) in [4.78, 5) is 26.9. The third-order valence-corrected chi connectivity index (χ3v) is 6.55. The second-order valence-electron chi connectivity index (χ2n) is 7.53. The molecule has 1 fully saturated rings. The van der Waals surface area contributed by atoms with Gasteiger partial charge in [0.25, 0.3) is 11.1 Å². The van der Waals surface area contributed by atoms with Crippen LogP contribution in [0.2, 0.25) is 0 Å². The molecular weight excluding hydrogens is 530 g/mol. The van der Waals surface area contributed by atoms with Crippen LogP contribution in [0.25, 0.3) is 6.08 Å². The van der Waals surface area contributed by atoms with E-state index in [4.69, 9.17) is 14.2 Å². The van der Waals surface area contributed by atoms with Crippen molar-refractivity contribution in [2.24, 2.45) is 0 Å². The van der Waals surface area contributed by atoms with Crippen LogP contribution in [0.4, 0.5) is 4.79 Å². The summed E-state index contributed by atoms with van der Waals surface area (Å²) in [6.45, 7) is 3.14. The average Bonchev–Trinajstić information content (AvgIpc) is 3.12. The molecule has 0 saturated carbocycles. The minimum absolute atomic E-state index is 0.178. The van der Waals surface area contributed by atoms with Crippen molar-refractivity contribution in [3.63, 3.8) is 0 Å². The molecule has 1 heterocycles. The minimum atomic E-state index is -0.338. The summed E-state index contributed by atoms with van der Waals surface area (Å²) in [6, 6.07) is 22.8. The average molecular weight is 554 g/mol. The maximum atomic E-state index is 12.9. The molecule has 6 nitrogen and oxygen atoms in total. The first-order chi connectivity index (χ1) is 17.0.